The summed E-state index contributed by atoms with van der Waals surface area (Å²) in [5.41, 5.74) is 1.48. The standard InChI is InChI=1S/C17H28N2O2/c1-13(2)12-15-17(21)19(11-9-16(20)18-15)10-8-14-6-4-3-5-7-14/h6,13,15H,3-5,7-12H2,1-2H3,(H,18,20). The van der Waals surface area contributed by atoms with Gasteiger partial charge in [-0.25, -0.2) is 0 Å². The summed E-state index contributed by atoms with van der Waals surface area (Å²) in [5, 5.41) is 2.88. The number of amides is 2. The number of allylic oxidation sites excluding steroid dienone is 1. The highest BCUT2D eigenvalue weighted by molar-refractivity contribution is 5.89. The van der Waals surface area contributed by atoms with Crippen molar-refractivity contribution in [2.45, 2.75) is 64.8 Å². The van der Waals surface area contributed by atoms with Crippen LogP contribution in [0.5, 0.6) is 0 Å². The Kier molecular flexibility index (Phi) is 5.83. The molecule has 1 saturated heterocycles. The van der Waals surface area contributed by atoms with Crippen molar-refractivity contribution in [3.05, 3.63) is 11.6 Å². The lowest BCUT2D eigenvalue weighted by atomic mass is 9.97. The molecule has 1 aliphatic carbocycles. The van der Waals surface area contributed by atoms with Crippen LogP contribution in [0, 0.1) is 5.92 Å². The van der Waals surface area contributed by atoms with Crippen molar-refractivity contribution in [3.63, 3.8) is 0 Å². The number of nitrogens with one attached hydrogen (secondary N) is 1. The van der Waals surface area contributed by atoms with Crippen LogP contribution in [-0.4, -0.2) is 35.8 Å². The highest BCUT2D eigenvalue weighted by Gasteiger charge is 2.30. The predicted molar refractivity (Wildman–Crippen MR) is 83.8 cm³/mol. The Morgan fingerprint density at radius 3 is 2.76 bits per heavy atom. The molecule has 0 saturated carbocycles. The fourth-order valence-electron chi connectivity index (χ4n) is 3.16. The van der Waals surface area contributed by atoms with Gasteiger partial charge in [-0.3, -0.25) is 9.59 Å². The lowest BCUT2D eigenvalue weighted by Crippen LogP contribution is -2.45. The van der Waals surface area contributed by atoms with Crippen molar-refractivity contribution >= 4 is 11.8 Å². The monoisotopic (exact) mass is 292 g/mol. The van der Waals surface area contributed by atoms with Gasteiger partial charge < -0.3 is 10.2 Å². The van der Waals surface area contributed by atoms with Crippen LogP contribution in [0.4, 0.5) is 0 Å². The van der Waals surface area contributed by atoms with Gasteiger partial charge in [0.25, 0.3) is 0 Å². The summed E-state index contributed by atoms with van der Waals surface area (Å²) >= 11 is 0. The summed E-state index contributed by atoms with van der Waals surface area (Å²) in [7, 11) is 0. The summed E-state index contributed by atoms with van der Waals surface area (Å²) in [5.74, 6) is 0.514. The second-order valence-electron chi connectivity index (χ2n) is 6.68. The van der Waals surface area contributed by atoms with Crippen LogP contribution >= 0.6 is 0 Å². The van der Waals surface area contributed by atoms with Gasteiger partial charge in [0.15, 0.2) is 0 Å². The Morgan fingerprint density at radius 2 is 2.10 bits per heavy atom. The number of hydrogen-bond acceptors (Lipinski definition) is 2. The van der Waals surface area contributed by atoms with E-state index in [1.54, 1.807) is 0 Å². The molecule has 0 aromatic rings. The van der Waals surface area contributed by atoms with Crippen molar-refractivity contribution in [3.8, 4) is 0 Å². The molecule has 0 spiro atoms. The molecule has 2 amide bonds. The molecular formula is C17H28N2O2. The van der Waals surface area contributed by atoms with Gasteiger partial charge in [0.1, 0.15) is 6.04 Å². The van der Waals surface area contributed by atoms with Crippen molar-refractivity contribution < 1.29 is 9.59 Å². The van der Waals surface area contributed by atoms with Gasteiger partial charge in [-0.2, -0.15) is 0 Å². The summed E-state index contributed by atoms with van der Waals surface area (Å²) in [6.07, 6.45) is 9.38. The first kappa shape index (κ1) is 16.1. The van der Waals surface area contributed by atoms with Crippen molar-refractivity contribution in [1.82, 2.24) is 10.2 Å². The quantitative estimate of drug-likeness (QED) is 0.792. The van der Waals surface area contributed by atoms with Crippen molar-refractivity contribution in [2.75, 3.05) is 13.1 Å². The molecule has 2 rings (SSSR count). The van der Waals surface area contributed by atoms with Crippen LogP contribution in [0.1, 0.15) is 58.8 Å². The molecule has 4 nitrogen and oxygen atoms in total. The molecule has 1 fully saturated rings. The zero-order valence-corrected chi connectivity index (χ0v) is 13.4. The van der Waals surface area contributed by atoms with E-state index in [9.17, 15) is 9.59 Å². The van der Waals surface area contributed by atoms with Gasteiger partial charge in [-0.15, -0.1) is 0 Å². The van der Waals surface area contributed by atoms with Gasteiger partial charge in [-0.1, -0.05) is 25.5 Å². The Labute approximate surface area is 128 Å². The summed E-state index contributed by atoms with van der Waals surface area (Å²) in [6.45, 7) is 5.49. The van der Waals surface area contributed by atoms with Crippen LogP contribution < -0.4 is 5.32 Å². The van der Waals surface area contributed by atoms with Crippen LogP contribution in [0.2, 0.25) is 0 Å². The molecule has 1 unspecified atom stereocenters. The number of carbonyl (C=O) groups is 2. The molecule has 2 aliphatic rings. The van der Waals surface area contributed by atoms with Gasteiger partial charge in [0.05, 0.1) is 0 Å². The summed E-state index contributed by atoms with van der Waals surface area (Å²) in [6, 6.07) is -0.333. The Morgan fingerprint density at radius 1 is 1.29 bits per heavy atom. The fraction of sp³-hybridized carbons (Fsp3) is 0.765. The van der Waals surface area contributed by atoms with Crippen molar-refractivity contribution in [1.29, 1.82) is 0 Å². The second kappa shape index (κ2) is 7.62. The molecular weight excluding hydrogens is 264 g/mol. The predicted octanol–water partition coefficient (Wildman–Crippen LogP) is 2.64. The van der Waals surface area contributed by atoms with Crippen LogP contribution in [0.3, 0.4) is 0 Å². The Bertz CT molecular complexity index is 415. The largest absolute Gasteiger partial charge is 0.344 e. The lowest BCUT2D eigenvalue weighted by Gasteiger charge is -2.26. The molecule has 118 valence electrons. The van der Waals surface area contributed by atoms with E-state index in [1.165, 1.54) is 31.3 Å². The molecule has 1 N–H and O–H groups in total. The zero-order chi connectivity index (χ0) is 15.2. The summed E-state index contributed by atoms with van der Waals surface area (Å²) in [4.78, 5) is 26.3. The van der Waals surface area contributed by atoms with Gasteiger partial charge in [-0.05, 0) is 44.4 Å². The average Bonchev–Trinajstić information content (AvgIpc) is 2.58. The van der Waals surface area contributed by atoms with Crippen LogP contribution in [0.15, 0.2) is 11.6 Å². The topological polar surface area (TPSA) is 49.4 Å². The highest BCUT2D eigenvalue weighted by atomic mass is 16.2. The molecule has 1 heterocycles. The first-order chi connectivity index (χ1) is 10.1. The molecule has 1 atom stereocenters. The van der Waals surface area contributed by atoms with E-state index >= 15 is 0 Å². The maximum Gasteiger partial charge on any atom is 0.245 e. The second-order valence-corrected chi connectivity index (χ2v) is 6.68. The fourth-order valence-corrected chi connectivity index (χ4v) is 3.16. The van der Waals surface area contributed by atoms with Gasteiger partial charge >= 0.3 is 0 Å². The smallest absolute Gasteiger partial charge is 0.245 e. The number of nitrogens with zero attached hydrogens (tertiary/aromatic N) is 1. The van der Waals surface area contributed by atoms with E-state index < -0.39 is 0 Å². The van der Waals surface area contributed by atoms with E-state index in [4.69, 9.17) is 0 Å². The number of rotatable bonds is 5. The van der Waals surface area contributed by atoms with E-state index in [2.05, 4.69) is 25.2 Å². The van der Waals surface area contributed by atoms with Gasteiger partial charge in [0.2, 0.25) is 11.8 Å². The Balaban J connectivity index is 1.94. The third-order valence-corrected chi connectivity index (χ3v) is 4.35. The normalized spacial score (nSPS) is 23.9. The lowest BCUT2D eigenvalue weighted by molar-refractivity contribution is -0.133. The third kappa shape index (κ3) is 4.87. The maximum absolute atomic E-state index is 12.6. The molecule has 0 radical (unpaired) electrons. The van der Waals surface area contributed by atoms with E-state index in [-0.39, 0.29) is 17.9 Å². The van der Waals surface area contributed by atoms with Gasteiger partial charge in [0, 0.05) is 19.5 Å². The van der Waals surface area contributed by atoms with Crippen LogP contribution in [-0.2, 0) is 9.59 Å². The van der Waals surface area contributed by atoms with Crippen molar-refractivity contribution in [2.24, 2.45) is 5.92 Å². The minimum Gasteiger partial charge on any atom is -0.344 e. The van der Waals surface area contributed by atoms with E-state index in [1.807, 2.05) is 4.90 Å². The molecule has 4 heteroatoms. The molecule has 0 aromatic heterocycles. The Hall–Kier alpha value is -1.32. The minimum absolute atomic E-state index is 0.00776. The first-order valence-electron chi connectivity index (χ1n) is 8.32. The summed E-state index contributed by atoms with van der Waals surface area (Å²) < 4.78 is 0. The third-order valence-electron chi connectivity index (χ3n) is 4.35. The molecule has 0 bridgehead atoms. The average molecular weight is 292 g/mol. The molecule has 21 heavy (non-hydrogen) atoms. The SMILES string of the molecule is CC(C)CC1NC(=O)CCN(CCC2=CCCCC2)C1=O. The zero-order valence-electron chi connectivity index (χ0n) is 13.4. The first-order valence-corrected chi connectivity index (χ1v) is 8.32. The highest BCUT2D eigenvalue weighted by Crippen LogP contribution is 2.21. The number of carbonyl (C=O) groups excluding carboxylic acids is 2. The van der Waals surface area contributed by atoms with Crippen LogP contribution in [0.25, 0.3) is 0 Å². The molecule has 1 aliphatic heterocycles. The number of hydrogen-bond donors (Lipinski definition) is 1. The molecule has 0 aromatic carbocycles. The van der Waals surface area contributed by atoms with E-state index in [0.717, 1.165) is 19.4 Å². The van der Waals surface area contributed by atoms with E-state index in [0.29, 0.717) is 18.9 Å². The minimum atomic E-state index is -0.333. The maximum atomic E-state index is 12.6.